The molecule has 0 aliphatic carbocycles. The highest BCUT2D eigenvalue weighted by Gasteiger charge is 2.36. The normalized spacial score (nSPS) is 24.7. The van der Waals surface area contributed by atoms with Gasteiger partial charge in [-0.3, -0.25) is 4.79 Å². The molecule has 2 N–H and O–H groups in total. The molecular formula is C17H19N3O4S2. The number of nitrogens with zero attached hydrogens (tertiary/aromatic N) is 2. The summed E-state index contributed by atoms with van der Waals surface area (Å²) in [6.45, 7) is 1.87. The predicted octanol–water partition coefficient (Wildman–Crippen LogP) is 2.03. The zero-order valence-corrected chi connectivity index (χ0v) is 15.8. The molecule has 1 amide bonds. The van der Waals surface area contributed by atoms with E-state index in [1.807, 2.05) is 13.0 Å². The molecule has 2 aromatic rings. The van der Waals surface area contributed by atoms with Gasteiger partial charge in [0.15, 0.2) is 9.84 Å². The van der Waals surface area contributed by atoms with Gasteiger partial charge in [-0.25, -0.2) is 13.1 Å². The highest BCUT2D eigenvalue weighted by molar-refractivity contribution is 8.00. The molecule has 0 bridgehead atoms. The van der Waals surface area contributed by atoms with Crippen molar-refractivity contribution in [3.8, 4) is 5.75 Å². The van der Waals surface area contributed by atoms with Crippen molar-refractivity contribution in [2.45, 2.75) is 24.6 Å². The molecule has 1 fully saturated rings. The van der Waals surface area contributed by atoms with E-state index in [2.05, 4.69) is 10.4 Å². The van der Waals surface area contributed by atoms with E-state index in [9.17, 15) is 18.3 Å². The van der Waals surface area contributed by atoms with Gasteiger partial charge in [-0.1, -0.05) is 12.1 Å². The highest BCUT2D eigenvalue weighted by Crippen LogP contribution is 2.45. The van der Waals surface area contributed by atoms with Crippen LogP contribution in [0.4, 0.5) is 5.82 Å². The van der Waals surface area contributed by atoms with Gasteiger partial charge in [0.25, 0.3) is 0 Å². The number of aromatic nitrogens is 2. The van der Waals surface area contributed by atoms with E-state index in [4.69, 9.17) is 0 Å². The van der Waals surface area contributed by atoms with Crippen LogP contribution in [0.5, 0.6) is 5.75 Å². The number of carbonyl (C=O) groups is 1. The number of nitrogens with one attached hydrogen (secondary N) is 1. The van der Waals surface area contributed by atoms with Gasteiger partial charge in [-0.2, -0.15) is 5.10 Å². The number of thioether (sulfide) groups is 1. The molecule has 1 aromatic heterocycles. The summed E-state index contributed by atoms with van der Waals surface area (Å²) in [6, 6.07) is 6.71. The van der Waals surface area contributed by atoms with Crippen LogP contribution in [0.15, 0.2) is 24.3 Å². The standard InChI is InChI=1S/C17H19N3O4S2/c1-10-15-16(11-3-2-4-13(21)7-11)25-8-14(22)18-17(15)20(19-10)12-5-6-26(23,24)9-12/h2-4,7,12,16,21H,5-6,8-9H2,1H3,(H,18,22)/t12-,16+/m1/s1. The number of aromatic hydroxyl groups is 1. The average molecular weight is 393 g/mol. The average Bonchev–Trinajstić information content (AvgIpc) is 3.02. The lowest BCUT2D eigenvalue weighted by atomic mass is 10.0. The Morgan fingerprint density at radius 3 is 2.88 bits per heavy atom. The fourth-order valence-electron chi connectivity index (χ4n) is 3.59. The van der Waals surface area contributed by atoms with E-state index < -0.39 is 9.84 Å². The summed E-state index contributed by atoms with van der Waals surface area (Å²) in [4.78, 5) is 12.3. The fourth-order valence-corrected chi connectivity index (χ4v) is 6.46. The summed E-state index contributed by atoms with van der Waals surface area (Å²) in [5.41, 5.74) is 2.51. The van der Waals surface area contributed by atoms with Crippen LogP contribution in [0.2, 0.25) is 0 Å². The molecule has 4 rings (SSSR count). The summed E-state index contributed by atoms with van der Waals surface area (Å²) in [7, 11) is -3.07. The van der Waals surface area contributed by atoms with Crippen molar-refractivity contribution in [1.82, 2.24) is 9.78 Å². The number of amides is 1. The zero-order chi connectivity index (χ0) is 18.5. The Morgan fingerprint density at radius 2 is 2.19 bits per heavy atom. The number of phenols is 1. The number of rotatable bonds is 2. The maximum Gasteiger partial charge on any atom is 0.235 e. The fraction of sp³-hybridized carbons (Fsp3) is 0.412. The number of phenolic OH excluding ortho intramolecular Hbond substituents is 1. The Balaban J connectivity index is 1.83. The van der Waals surface area contributed by atoms with Gasteiger partial charge < -0.3 is 10.4 Å². The summed E-state index contributed by atoms with van der Waals surface area (Å²) < 4.78 is 25.4. The maximum atomic E-state index is 12.3. The molecule has 2 atom stereocenters. The molecule has 26 heavy (non-hydrogen) atoms. The van der Waals surface area contributed by atoms with Crippen LogP contribution < -0.4 is 5.32 Å². The number of aryl methyl sites for hydroxylation is 1. The van der Waals surface area contributed by atoms with Crippen LogP contribution in [-0.2, 0) is 14.6 Å². The first kappa shape index (κ1) is 17.4. The Bertz CT molecular complexity index is 984. The molecular weight excluding hydrogens is 374 g/mol. The molecule has 9 heteroatoms. The Labute approximate surface area is 155 Å². The number of fused-ring (bicyclic) bond motifs is 1. The van der Waals surface area contributed by atoms with Crippen molar-refractivity contribution >= 4 is 33.3 Å². The second-order valence-electron chi connectivity index (χ2n) is 6.68. The molecule has 0 saturated carbocycles. The SMILES string of the molecule is Cc1nn([C@@H]2CCS(=O)(=O)C2)c2c1[C@H](c1cccc(O)c1)SCC(=O)N2. The van der Waals surface area contributed by atoms with Gasteiger partial charge >= 0.3 is 0 Å². The predicted molar refractivity (Wildman–Crippen MR) is 100 cm³/mol. The van der Waals surface area contributed by atoms with Gasteiger partial charge in [0, 0.05) is 5.56 Å². The van der Waals surface area contributed by atoms with Crippen LogP contribution in [0.25, 0.3) is 0 Å². The van der Waals surface area contributed by atoms with Gasteiger partial charge in [0.1, 0.15) is 11.6 Å². The topological polar surface area (TPSA) is 101 Å². The van der Waals surface area contributed by atoms with E-state index in [1.165, 1.54) is 11.8 Å². The number of sulfone groups is 1. The molecule has 0 unspecified atom stereocenters. The summed E-state index contributed by atoms with van der Waals surface area (Å²) in [6.07, 6.45) is 0.496. The monoisotopic (exact) mass is 393 g/mol. The van der Waals surface area contributed by atoms with Crippen LogP contribution in [0.1, 0.15) is 34.5 Å². The smallest absolute Gasteiger partial charge is 0.235 e. The summed E-state index contributed by atoms with van der Waals surface area (Å²) in [5.74, 6) is 1.07. The second kappa shape index (κ2) is 6.31. The second-order valence-corrected chi connectivity index (χ2v) is 10.0. The first-order valence-corrected chi connectivity index (χ1v) is 11.2. The van der Waals surface area contributed by atoms with Crippen LogP contribution >= 0.6 is 11.8 Å². The van der Waals surface area contributed by atoms with E-state index >= 15 is 0 Å². The van der Waals surface area contributed by atoms with Crippen LogP contribution in [-0.4, -0.2) is 46.5 Å². The third kappa shape index (κ3) is 3.09. The van der Waals surface area contributed by atoms with Gasteiger partial charge in [0.05, 0.1) is 34.2 Å². The number of anilines is 1. The lowest BCUT2D eigenvalue weighted by Gasteiger charge is -2.16. The molecule has 3 heterocycles. The molecule has 2 aliphatic rings. The molecule has 1 aromatic carbocycles. The maximum absolute atomic E-state index is 12.3. The summed E-state index contributed by atoms with van der Waals surface area (Å²) in [5, 5.41) is 17.2. The Kier molecular flexibility index (Phi) is 4.23. The molecule has 0 radical (unpaired) electrons. The van der Waals surface area contributed by atoms with E-state index in [1.54, 1.807) is 22.9 Å². The van der Waals surface area contributed by atoms with Gasteiger partial charge in [0.2, 0.25) is 5.91 Å². The lowest BCUT2D eigenvalue weighted by Crippen LogP contribution is -2.20. The van der Waals surface area contributed by atoms with Crippen LogP contribution in [0, 0.1) is 6.92 Å². The quantitative estimate of drug-likeness (QED) is 0.810. The Hall–Kier alpha value is -2.00. The third-order valence-electron chi connectivity index (χ3n) is 4.76. The van der Waals surface area contributed by atoms with Crippen molar-refractivity contribution in [1.29, 1.82) is 0 Å². The number of hydrogen-bond acceptors (Lipinski definition) is 6. The third-order valence-corrected chi connectivity index (χ3v) is 7.78. The minimum atomic E-state index is -3.07. The molecule has 1 saturated heterocycles. The zero-order valence-electron chi connectivity index (χ0n) is 14.2. The first-order chi connectivity index (χ1) is 12.3. The largest absolute Gasteiger partial charge is 0.508 e. The molecule has 0 spiro atoms. The molecule has 138 valence electrons. The van der Waals surface area contributed by atoms with Gasteiger partial charge in [-0.15, -0.1) is 11.8 Å². The lowest BCUT2D eigenvalue weighted by molar-refractivity contribution is -0.113. The van der Waals surface area contributed by atoms with Crippen molar-refractivity contribution in [3.63, 3.8) is 0 Å². The highest BCUT2D eigenvalue weighted by atomic mass is 32.2. The van der Waals surface area contributed by atoms with Gasteiger partial charge in [-0.05, 0) is 31.0 Å². The number of benzene rings is 1. The number of hydrogen-bond donors (Lipinski definition) is 2. The Morgan fingerprint density at radius 1 is 1.38 bits per heavy atom. The van der Waals surface area contributed by atoms with E-state index in [0.29, 0.717) is 12.2 Å². The molecule has 2 aliphatic heterocycles. The summed E-state index contributed by atoms with van der Waals surface area (Å²) >= 11 is 1.47. The van der Waals surface area contributed by atoms with E-state index in [0.717, 1.165) is 16.8 Å². The minimum Gasteiger partial charge on any atom is -0.508 e. The first-order valence-electron chi connectivity index (χ1n) is 8.34. The van der Waals surface area contributed by atoms with Crippen molar-refractivity contribution in [3.05, 3.63) is 41.1 Å². The minimum absolute atomic E-state index is 0.0420. The van der Waals surface area contributed by atoms with Crippen molar-refractivity contribution in [2.75, 3.05) is 22.6 Å². The van der Waals surface area contributed by atoms with Crippen molar-refractivity contribution < 1.29 is 18.3 Å². The molecule has 7 nitrogen and oxygen atoms in total. The number of carbonyl (C=O) groups excluding carboxylic acids is 1. The van der Waals surface area contributed by atoms with Crippen molar-refractivity contribution in [2.24, 2.45) is 0 Å². The van der Waals surface area contributed by atoms with E-state index in [-0.39, 0.29) is 40.2 Å². The van der Waals surface area contributed by atoms with Crippen LogP contribution in [0.3, 0.4) is 0 Å².